The quantitative estimate of drug-likeness (QED) is 0.903. The van der Waals surface area contributed by atoms with Gasteiger partial charge in [-0.2, -0.15) is 0 Å². The topological polar surface area (TPSA) is 73.2 Å². The van der Waals surface area contributed by atoms with E-state index in [0.29, 0.717) is 17.7 Å². The average molecular weight is 275 g/mol. The van der Waals surface area contributed by atoms with Gasteiger partial charge in [0.25, 0.3) is 0 Å². The highest BCUT2D eigenvalue weighted by Gasteiger charge is 2.23. The molecule has 2 aromatic rings. The highest BCUT2D eigenvalue weighted by atomic mass is 16.5. The number of ether oxygens (including phenoxy) is 2. The number of hydrogen-bond acceptors (Lipinski definition) is 4. The van der Waals surface area contributed by atoms with E-state index in [1.165, 1.54) is 6.42 Å². The summed E-state index contributed by atoms with van der Waals surface area (Å²) in [5.41, 5.74) is 7.96. The van der Waals surface area contributed by atoms with Crippen LogP contribution in [-0.4, -0.2) is 30.2 Å². The van der Waals surface area contributed by atoms with Gasteiger partial charge in [0.15, 0.2) is 11.5 Å². The summed E-state index contributed by atoms with van der Waals surface area (Å²) in [6.45, 7) is 0. The van der Waals surface area contributed by atoms with Crippen molar-refractivity contribution < 1.29 is 9.47 Å². The molecule has 1 aliphatic carbocycles. The van der Waals surface area contributed by atoms with Crippen molar-refractivity contribution >= 4 is 11.0 Å². The van der Waals surface area contributed by atoms with Crippen molar-refractivity contribution in [2.75, 3.05) is 14.2 Å². The SMILES string of the molecule is COc1cc2nc(C3CCCC(N)C3)[nH]c2cc1OC. The summed E-state index contributed by atoms with van der Waals surface area (Å²) in [4.78, 5) is 8.12. The fraction of sp³-hybridized carbons (Fsp3) is 0.533. The number of methoxy groups -OCH3 is 2. The maximum atomic E-state index is 6.07. The Morgan fingerprint density at radius 3 is 2.65 bits per heavy atom. The maximum Gasteiger partial charge on any atom is 0.163 e. The van der Waals surface area contributed by atoms with Crippen LogP contribution in [0.4, 0.5) is 0 Å². The van der Waals surface area contributed by atoms with Gasteiger partial charge in [0.05, 0.1) is 25.3 Å². The molecule has 0 saturated heterocycles. The summed E-state index contributed by atoms with van der Waals surface area (Å²) in [6.07, 6.45) is 4.46. The van der Waals surface area contributed by atoms with Crippen molar-refractivity contribution in [2.24, 2.45) is 5.73 Å². The van der Waals surface area contributed by atoms with Crippen molar-refractivity contribution in [1.82, 2.24) is 9.97 Å². The zero-order valence-electron chi connectivity index (χ0n) is 12.0. The third-order valence-electron chi connectivity index (χ3n) is 4.11. The molecule has 1 heterocycles. The first-order valence-electron chi connectivity index (χ1n) is 7.08. The van der Waals surface area contributed by atoms with Crippen molar-refractivity contribution in [3.8, 4) is 11.5 Å². The lowest BCUT2D eigenvalue weighted by Crippen LogP contribution is -2.27. The number of nitrogens with two attached hydrogens (primary N) is 1. The van der Waals surface area contributed by atoms with E-state index in [4.69, 9.17) is 20.2 Å². The average Bonchev–Trinajstić information content (AvgIpc) is 2.88. The highest BCUT2D eigenvalue weighted by Crippen LogP contribution is 2.35. The molecule has 108 valence electrons. The molecular weight excluding hydrogens is 254 g/mol. The van der Waals surface area contributed by atoms with Crippen molar-refractivity contribution in [3.63, 3.8) is 0 Å². The molecule has 1 aliphatic rings. The Morgan fingerprint density at radius 1 is 1.20 bits per heavy atom. The van der Waals surface area contributed by atoms with Gasteiger partial charge < -0.3 is 20.2 Å². The van der Waals surface area contributed by atoms with Crippen molar-refractivity contribution in [3.05, 3.63) is 18.0 Å². The Morgan fingerprint density at radius 2 is 1.95 bits per heavy atom. The number of hydrogen-bond donors (Lipinski definition) is 2. The van der Waals surface area contributed by atoms with E-state index in [2.05, 4.69) is 4.98 Å². The molecule has 1 aromatic carbocycles. The number of nitrogens with one attached hydrogen (secondary N) is 1. The molecule has 20 heavy (non-hydrogen) atoms. The Kier molecular flexibility index (Phi) is 3.53. The molecule has 2 unspecified atom stereocenters. The van der Waals surface area contributed by atoms with Crippen LogP contribution in [0.15, 0.2) is 12.1 Å². The fourth-order valence-corrected chi connectivity index (χ4v) is 3.03. The van der Waals surface area contributed by atoms with E-state index >= 15 is 0 Å². The highest BCUT2D eigenvalue weighted by molar-refractivity contribution is 5.79. The molecular formula is C15H21N3O2. The van der Waals surface area contributed by atoms with E-state index in [9.17, 15) is 0 Å². The Hall–Kier alpha value is -1.75. The largest absolute Gasteiger partial charge is 0.493 e. The van der Waals surface area contributed by atoms with Gasteiger partial charge in [-0.1, -0.05) is 6.42 Å². The van der Waals surface area contributed by atoms with Gasteiger partial charge in [0.1, 0.15) is 5.82 Å². The lowest BCUT2D eigenvalue weighted by molar-refractivity contribution is 0.356. The van der Waals surface area contributed by atoms with Crippen LogP contribution in [0, 0.1) is 0 Å². The first-order valence-corrected chi connectivity index (χ1v) is 7.08. The number of nitrogens with zero attached hydrogens (tertiary/aromatic N) is 1. The number of rotatable bonds is 3. The van der Waals surface area contributed by atoms with Gasteiger partial charge >= 0.3 is 0 Å². The fourth-order valence-electron chi connectivity index (χ4n) is 3.03. The molecule has 0 amide bonds. The maximum absolute atomic E-state index is 6.07. The van der Waals surface area contributed by atoms with Gasteiger partial charge in [-0.05, 0) is 19.3 Å². The van der Waals surface area contributed by atoms with E-state index in [1.54, 1.807) is 14.2 Å². The molecule has 0 aliphatic heterocycles. The van der Waals surface area contributed by atoms with Crippen LogP contribution in [0.2, 0.25) is 0 Å². The third kappa shape index (κ3) is 2.33. The smallest absolute Gasteiger partial charge is 0.163 e. The van der Waals surface area contributed by atoms with Gasteiger partial charge in [0, 0.05) is 24.1 Å². The normalized spacial score (nSPS) is 22.9. The van der Waals surface area contributed by atoms with Crippen LogP contribution in [0.25, 0.3) is 11.0 Å². The third-order valence-corrected chi connectivity index (χ3v) is 4.11. The standard InChI is InChI=1S/C15H21N3O2/c1-19-13-7-11-12(8-14(13)20-2)18-15(17-11)9-4-3-5-10(16)6-9/h7-10H,3-6,16H2,1-2H3,(H,17,18). The molecule has 0 bridgehead atoms. The minimum atomic E-state index is 0.297. The molecule has 3 rings (SSSR count). The lowest BCUT2D eigenvalue weighted by atomic mass is 9.86. The van der Waals surface area contributed by atoms with Gasteiger partial charge in [-0.15, -0.1) is 0 Å². The second-order valence-corrected chi connectivity index (χ2v) is 5.47. The lowest BCUT2D eigenvalue weighted by Gasteiger charge is -2.24. The first kappa shape index (κ1) is 13.2. The number of imidazole rings is 1. The molecule has 1 aromatic heterocycles. The molecule has 5 heteroatoms. The van der Waals surface area contributed by atoms with Gasteiger partial charge in [-0.25, -0.2) is 4.98 Å². The van der Waals surface area contributed by atoms with E-state index in [0.717, 1.165) is 41.9 Å². The van der Waals surface area contributed by atoms with Crippen LogP contribution in [0.5, 0.6) is 11.5 Å². The van der Waals surface area contributed by atoms with Gasteiger partial charge in [0.2, 0.25) is 0 Å². The summed E-state index contributed by atoms with van der Waals surface area (Å²) in [6, 6.07) is 4.15. The Bertz CT molecular complexity index is 567. The first-order chi connectivity index (χ1) is 9.71. The predicted molar refractivity (Wildman–Crippen MR) is 78.4 cm³/mol. The van der Waals surface area contributed by atoms with E-state index in [1.807, 2.05) is 12.1 Å². The number of benzene rings is 1. The molecule has 0 spiro atoms. The number of aromatic amines is 1. The summed E-state index contributed by atoms with van der Waals surface area (Å²) >= 11 is 0. The number of fused-ring (bicyclic) bond motifs is 1. The molecule has 0 radical (unpaired) electrons. The van der Waals surface area contributed by atoms with Crippen molar-refractivity contribution in [1.29, 1.82) is 0 Å². The van der Waals surface area contributed by atoms with Crippen LogP contribution < -0.4 is 15.2 Å². The molecule has 3 N–H and O–H groups in total. The van der Waals surface area contributed by atoms with Gasteiger partial charge in [-0.3, -0.25) is 0 Å². The Balaban J connectivity index is 1.97. The van der Waals surface area contributed by atoms with Crippen LogP contribution in [0.1, 0.15) is 37.4 Å². The Labute approximate surface area is 118 Å². The molecule has 1 fully saturated rings. The van der Waals surface area contributed by atoms with Crippen molar-refractivity contribution in [2.45, 2.75) is 37.6 Å². The molecule has 1 saturated carbocycles. The van der Waals surface area contributed by atoms with E-state index < -0.39 is 0 Å². The van der Waals surface area contributed by atoms with Crippen LogP contribution in [-0.2, 0) is 0 Å². The minimum Gasteiger partial charge on any atom is -0.493 e. The second kappa shape index (κ2) is 5.32. The zero-order chi connectivity index (χ0) is 14.1. The monoisotopic (exact) mass is 275 g/mol. The summed E-state index contributed by atoms with van der Waals surface area (Å²) < 4.78 is 10.6. The predicted octanol–water partition coefficient (Wildman–Crippen LogP) is 2.57. The minimum absolute atomic E-state index is 0.297. The molecule has 5 nitrogen and oxygen atoms in total. The summed E-state index contributed by atoms with van der Waals surface area (Å²) in [5, 5.41) is 0. The number of aromatic nitrogens is 2. The van der Waals surface area contributed by atoms with Crippen LogP contribution >= 0.6 is 0 Å². The number of H-pyrrole nitrogens is 1. The summed E-state index contributed by atoms with van der Waals surface area (Å²) in [5.74, 6) is 2.89. The van der Waals surface area contributed by atoms with Crippen LogP contribution in [0.3, 0.4) is 0 Å². The van der Waals surface area contributed by atoms with E-state index in [-0.39, 0.29) is 0 Å². The second-order valence-electron chi connectivity index (χ2n) is 5.47. The zero-order valence-corrected chi connectivity index (χ0v) is 12.0. The molecule has 2 atom stereocenters. The summed E-state index contributed by atoms with van der Waals surface area (Å²) in [7, 11) is 3.28.